The van der Waals surface area contributed by atoms with Crippen molar-refractivity contribution in [2.75, 3.05) is 11.9 Å². The van der Waals surface area contributed by atoms with E-state index in [1.165, 1.54) is 18.3 Å². The first-order valence-corrected chi connectivity index (χ1v) is 9.95. The zero-order chi connectivity index (χ0) is 21.3. The van der Waals surface area contributed by atoms with E-state index in [2.05, 4.69) is 28.5 Å². The third kappa shape index (κ3) is 5.87. The molecule has 0 radical (unpaired) electrons. The first-order valence-electron chi connectivity index (χ1n) is 9.95. The molecule has 30 heavy (non-hydrogen) atoms. The van der Waals surface area contributed by atoms with Gasteiger partial charge in [-0.25, -0.2) is 4.39 Å². The van der Waals surface area contributed by atoms with Gasteiger partial charge < -0.3 is 10.1 Å². The highest BCUT2D eigenvalue weighted by atomic mass is 19.1. The normalized spacial score (nSPS) is 17.2. The third-order valence-corrected chi connectivity index (χ3v) is 4.99. The maximum absolute atomic E-state index is 13.2. The van der Waals surface area contributed by atoms with Crippen LogP contribution in [0, 0.1) is 5.82 Å². The van der Waals surface area contributed by atoms with Gasteiger partial charge in [0.1, 0.15) is 17.3 Å². The maximum Gasteiger partial charge on any atom is 0.241 e. The number of carbonyl (C=O) groups excluding carboxylic acids is 1. The number of likely N-dealkylation sites (tertiary alicyclic amines) is 1. The van der Waals surface area contributed by atoms with Crippen LogP contribution in [0.4, 0.5) is 10.1 Å². The van der Waals surface area contributed by atoms with Crippen LogP contribution in [0.1, 0.15) is 26.3 Å². The second-order valence-corrected chi connectivity index (χ2v) is 7.14. The molecule has 0 saturated carbocycles. The minimum atomic E-state index is -0.254. The van der Waals surface area contributed by atoms with Gasteiger partial charge in [-0.15, -0.1) is 0 Å². The molecule has 158 valence electrons. The van der Waals surface area contributed by atoms with Gasteiger partial charge in [0.15, 0.2) is 0 Å². The number of carbonyl (C=O) groups is 1. The van der Waals surface area contributed by atoms with Crippen molar-refractivity contribution < 1.29 is 15.3 Å². The van der Waals surface area contributed by atoms with Crippen LogP contribution in [-0.2, 0) is 11.3 Å². The van der Waals surface area contributed by atoms with E-state index in [0.29, 0.717) is 23.7 Å². The molecule has 1 saturated heterocycles. The summed E-state index contributed by atoms with van der Waals surface area (Å²) in [6.07, 6.45) is 5.88. The quantitative estimate of drug-likeness (QED) is 0.372. The molecule has 0 aliphatic carbocycles. The van der Waals surface area contributed by atoms with Gasteiger partial charge in [0, 0.05) is 13.7 Å². The van der Waals surface area contributed by atoms with E-state index in [4.69, 9.17) is 4.74 Å². The topological polar surface area (TPSA) is 53.9 Å². The van der Waals surface area contributed by atoms with Gasteiger partial charge in [0.25, 0.3) is 0 Å². The van der Waals surface area contributed by atoms with Crippen molar-refractivity contribution in [3.05, 3.63) is 84.5 Å². The van der Waals surface area contributed by atoms with Crippen LogP contribution in [0.5, 0.6) is 5.75 Å². The number of benzene rings is 2. The van der Waals surface area contributed by atoms with Crippen LogP contribution in [0.3, 0.4) is 0 Å². The Hall–Kier alpha value is -3.25. The van der Waals surface area contributed by atoms with Crippen LogP contribution in [0.15, 0.2) is 78.1 Å². The third-order valence-electron chi connectivity index (χ3n) is 4.99. The van der Waals surface area contributed by atoms with Crippen LogP contribution in [0.25, 0.3) is 0 Å². The number of halogens is 1. The molecule has 0 spiro atoms. The smallest absolute Gasteiger partial charge is 0.241 e. The molecule has 5 nitrogen and oxygen atoms in total. The van der Waals surface area contributed by atoms with Crippen molar-refractivity contribution in [2.24, 2.45) is 4.99 Å². The average molecular weight is 410 g/mol. The van der Waals surface area contributed by atoms with Crippen molar-refractivity contribution >= 4 is 18.3 Å². The number of hydrogen-bond acceptors (Lipinski definition) is 4. The average Bonchev–Trinajstić information content (AvgIpc) is 2.76. The summed E-state index contributed by atoms with van der Waals surface area (Å²) in [7, 11) is 0. The lowest BCUT2D eigenvalue weighted by atomic mass is 10.00. The minimum absolute atomic E-state index is 0. The van der Waals surface area contributed by atoms with E-state index in [0.717, 1.165) is 31.4 Å². The summed E-state index contributed by atoms with van der Waals surface area (Å²) in [6.45, 7) is 8.53. The van der Waals surface area contributed by atoms with Crippen LogP contribution in [-0.4, -0.2) is 30.1 Å². The molecule has 1 amide bonds. The first-order chi connectivity index (χ1) is 14.6. The fourth-order valence-corrected chi connectivity index (χ4v) is 3.48. The number of ether oxygens (including phenoxy) is 1. The summed E-state index contributed by atoms with van der Waals surface area (Å²) in [5.74, 6) is 0.808. The predicted molar refractivity (Wildman–Crippen MR) is 120 cm³/mol. The summed E-state index contributed by atoms with van der Waals surface area (Å²) in [6, 6.07) is 13.4. The molecule has 1 aliphatic heterocycles. The number of aliphatic imine (C=N–C) groups is 1. The van der Waals surface area contributed by atoms with Gasteiger partial charge in [-0.2, -0.15) is 0 Å². The van der Waals surface area contributed by atoms with Crippen molar-refractivity contribution in [3.8, 4) is 5.75 Å². The number of amides is 1. The Morgan fingerprint density at radius 3 is 2.63 bits per heavy atom. The van der Waals surface area contributed by atoms with E-state index in [1.54, 1.807) is 42.5 Å². The first kappa shape index (κ1) is 21.5. The highest BCUT2D eigenvalue weighted by molar-refractivity contribution is 5.94. The second kappa shape index (κ2) is 10.5. The molecule has 6 heteroatoms. The van der Waals surface area contributed by atoms with Crippen LogP contribution >= 0.6 is 0 Å². The summed E-state index contributed by atoms with van der Waals surface area (Å²) in [4.78, 5) is 18.8. The summed E-state index contributed by atoms with van der Waals surface area (Å²) >= 11 is 0. The predicted octanol–water partition coefficient (Wildman–Crippen LogP) is 5.17. The molecule has 2 aromatic carbocycles. The molecule has 1 N–H and O–H groups in total. The van der Waals surface area contributed by atoms with Crippen molar-refractivity contribution in [1.29, 1.82) is 0 Å². The highest BCUT2D eigenvalue weighted by Crippen LogP contribution is 2.23. The van der Waals surface area contributed by atoms with Crippen LogP contribution in [0.2, 0.25) is 0 Å². The Labute approximate surface area is 178 Å². The minimum Gasteiger partial charge on any atom is -0.456 e. The zero-order valence-electron chi connectivity index (χ0n) is 16.9. The molecule has 0 aromatic heterocycles. The van der Waals surface area contributed by atoms with Gasteiger partial charge in [0.2, 0.25) is 5.91 Å². The fourth-order valence-electron chi connectivity index (χ4n) is 3.48. The number of allylic oxidation sites excluding steroid dienone is 1. The monoisotopic (exact) mass is 409 g/mol. The Morgan fingerprint density at radius 2 is 1.97 bits per heavy atom. The Kier molecular flexibility index (Phi) is 7.51. The van der Waals surface area contributed by atoms with Gasteiger partial charge in [-0.05, 0) is 74.1 Å². The Bertz CT molecular complexity index is 913. The van der Waals surface area contributed by atoms with E-state index in [1.807, 2.05) is 0 Å². The number of anilines is 1. The summed E-state index contributed by atoms with van der Waals surface area (Å²) in [5, 5.41) is 3.00. The molecule has 1 aliphatic rings. The van der Waals surface area contributed by atoms with E-state index in [-0.39, 0.29) is 19.2 Å². The van der Waals surface area contributed by atoms with E-state index >= 15 is 0 Å². The molecule has 3 rings (SSSR count). The highest BCUT2D eigenvalue weighted by Gasteiger charge is 2.28. The Balaban J connectivity index is 0.00000341. The molecular weight excluding hydrogens is 381 g/mol. The molecule has 1 atom stereocenters. The van der Waals surface area contributed by atoms with Crippen LogP contribution < -0.4 is 10.1 Å². The Morgan fingerprint density at radius 1 is 1.23 bits per heavy atom. The molecule has 0 unspecified atom stereocenters. The van der Waals surface area contributed by atoms with Gasteiger partial charge >= 0.3 is 0 Å². The number of nitrogens with one attached hydrogen (secondary N) is 1. The van der Waals surface area contributed by atoms with Crippen molar-refractivity contribution in [1.82, 2.24) is 4.90 Å². The van der Waals surface area contributed by atoms with Gasteiger partial charge in [0.05, 0.1) is 12.2 Å². The zero-order valence-corrected chi connectivity index (χ0v) is 16.9. The van der Waals surface area contributed by atoms with E-state index < -0.39 is 0 Å². The van der Waals surface area contributed by atoms with E-state index in [9.17, 15) is 9.18 Å². The molecular formula is C24H28FN3O2. The van der Waals surface area contributed by atoms with Crippen molar-refractivity contribution in [3.63, 3.8) is 0 Å². The second-order valence-electron chi connectivity index (χ2n) is 7.14. The number of rotatable bonds is 8. The standard InChI is InChI=1S/C24H26FN3O2.H2/c1-3-21(16-26-2)30-22-13-11-20(12-14-22)27-24(29)23-6-4-5-15-28(23)17-18-7-9-19(25)10-8-18;/h3,7-14,16,23H,1-2,4-6,15,17H2,(H,27,29);1H/b21-16+;/t23-;/m1./s1. The molecule has 1 fully saturated rings. The number of nitrogens with zero attached hydrogens (tertiary/aromatic N) is 2. The lowest BCUT2D eigenvalue weighted by Gasteiger charge is -2.34. The lowest BCUT2D eigenvalue weighted by Crippen LogP contribution is -2.46. The van der Waals surface area contributed by atoms with Crippen molar-refractivity contribution in [2.45, 2.75) is 31.8 Å². The number of hydrogen-bond donors (Lipinski definition) is 1. The molecule has 1 heterocycles. The lowest BCUT2D eigenvalue weighted by molar-refractivity contribution is -0.122. The van der Waals surface area contributed by atoms with Gasteiger partial charge in [-0.1, -0.05) is 25.1 Å². The molecule has 2 aromatic rings. The largest absolute Gasteiger partial charge is 0.456 e. The molecule has 0 bridgehead atoms. The summed E-state index contributed by atoms with van der Waals surface area (Å²) < 4.78 is 18.8. The SMILES string of the molecule is C=C/C(=C\N=C)Oc1ccc(NC(=O)[C@H]2CCCCN2Cc2ccc(F)cc2)cc1.[HH]. The maximum atomic E-state index is 13.2. The number of piperidine rings is 1. The van der Waals surface area contributed by atoms with Gasteiger partial charge in [-0.3, -0.25) is 14.7 Å². The summed E-state index contributed by atoms with van der Waals surface area (Å²) in [5.41, 5.74) is 1.70. The fraction of sp³-hybridized carbons (Fsp3) is 0.250.